The van der Waals surface area contributed by atoms with Crippen LogP contribution in [-0.4, -0.2) is 30.0 Å². The van der Waals surface area contributed by atoms with Gasteiger partial charge in [-0.2, -0.15) is 0 Å². The molecular formula is C24H25BrN2O4. The molecule has 1 amide bonds. The van der Waals surface area contributed by atoms with Gasteiger partial charge >= 0.3 is 5.97 Å². The molecule has 6 nitrogen and oxygen atoms in total. The van der Waals surface area contributed by atoms with Crippen LogP contribution in [0.2, 0.25) is 0 Å². The zero-order valence-corrected chi connectivity index (χ0v) is 19.3. The Morgan fingerprint density at radius 1 is 1.16 bits per heavy atom. The van der Waals surface area contributed by atoms with Gasteiger partial charge in [0.2, 0.25) is 5.43 Å². The number of carbonyl (C=O) groups excluding carboxylic acids is 2. The van der Waals surface area contributed by atoms with E-state index in [-0.39, 0.29) is 11.5 Å². The number of hydrogen-bond acceptors (Lipinski definition) is 4. The zero-order valence-electron chi connectivity index (χ0n) is 17.7. The Kier molecular flexibility index (Phi) is 7.28. The number of amides is 1. The highest BCUT2D eigenvalue weighted by Crippen LogP contribution is 2.24. The van der Waals surface area contributed by atoms with E-state index in [4.69, 9.17) is 4.74 Å². The van der Waals surface area contributed by atoms with Crippen LogP contribution in [0, 0.1) is 5.92 Å². The fourth-order valence-corrected chi connectivity index (χ4v) is 3.95. The number of halogens is 1. The van der Waals surface area contributed by atoms with Gasteiger partial charge in [0.25, 0.3) is 5.91 Å². The quantitative estimate of drug-likeness (QED) is 0.491. The summed E-state index contributed by atoms with van der Waals surface area (Å²) in [5, 5.41) is 3.03. The van der Waals surface area contributed by atoms with Gasteiger partial charge in [-0.15, -0.1) is 0 Å². The fraction of sp³-hybridized carbons (Fsp3) is 0.292. The number of carbonyl (C=O) groups is 2. The van der Waals surface area contributed by atoms with E-state index < -0.39 is 23.3 Å². The third-order valence-corrected chi connectivity index (χ3v) is 5.77. The lowest BCUT2D eigenvalue weighted by Crippen LogP contribution is -2.43. The van der Waals surface area contributed by atoms with Crippen LogP contribution >= 0.6 is 15.9 Å². The van der Waals surface area contributed by atoms with Crippen molar-refractivity contribution in [2.75, 3.05) is 7.11 Å². The molecule has 0 fully saturated rings. The minimum Gasteiger partial charge on any atom is -0.467 e. The molecule has 0 aliphatic rings. The van der Waals surface area contributed by atoms with E-state index in [1.807, 2.05) is 50.2 Å². The number of hydrogen-bond donors (Lipinski definition) is 2. The number of nitrogens with one attached hydrogen (secondary N) is 2. The zero-order chi connectivity index (χ0) is 22.5. The van der Waals surface area contributed by atoms with Crippen molar-refractivity contribution in [3.63, 3.8) is 0 Å². The van der Waals surface area contributed by atoms with E-state index in [9.17, 15) is 14.4 Å². The van der Waals surface area contributed by atoms with Gasteiger partial charge in [0.1, 0.15) is 11.6 Å². The summed E-state index contributed by atoms with van der Waals surface area (Å²) in [7, 11) is 1.27. The number of esters is 1. The summed E-state index contributed by atoms with van der Waals surface area (Å²) in [6, 6.07) is 12.8. The van der Waals surface area contributed by atoms with Crippen LogP contribution in [0.5, 0.6) is 0 Å². The monoisotopic (exact) mass is 484 g/mol. The summed E-state index contributed by atoms with van der Waals surface area (Å²) in [5.41, 5.74) is 2.37. The molecule has 7 heteroatoms. The van der Waals surface area contributed by atoms with Crippen molar-refractivity contribution in [3.8, 4) is 0 Å². The van der Waals surface area contributed by atoms with Gasteiger partial charge < -0.3 is 15.0 Å². The Balaban J connectivity index is 1.91. The maximum Gasteiger partial charge on any atom is 0.328 e. The predicted octanol–water partition coefficient (Wildman–Crippen LogP) is 4.20. The minimum absolute atomic E-state index is 0.0483. The van der Waals surface area contributed by atoms with Crippen molar-refractivity contribution in [2.24, 2.45) is 5.92 Å². The average Bonchev–Trinajstić information content (AvgIpc) is 2.74. The number of methoxy groups -OCH3 is 1. The minimum atomic E-state index is -0.812. The SMILES string of the molecule is COC(=O)C(CC(C)C)NC(=O)c1c[nH]c2cc(Cc3ccccc3)c(Br)cc2c1=O. The Morgan fingerprint density at radius 2 is 1.87 bits per heavy atom. The molecule has 3 aromatic rings. The molecule has 1 heterocycles. The molecule has 2 N–H and O–H groups in total. The van der Waals surface area contributed by atoms with E-state index in [1.54, 1.807) is 6.07 Å². The van der Waals surface area contributed by atoms with Gasteiger partial charge in [0.05, 0.1) is 7.11 Å². The Hall–Kier alpha value is -2.93. The van der Waals surface area contributed by atoms with Gasteiger partial charge in [-0.3, -0.25) is 9.59 Å². The highest BCUT2D eigenvalue weighted by molar-refractivity contribution is 9.10. The predicted molar refractivity (Wildman–Crippen MR) is 124 cm³/mol. The van der Waals surface area contributed by atoms with Gasteiger partial charge in [0.15, 0.2) is 0 Å². The normalized spacial score (nSPS) is 12.0. The number of H-pyrrole nitrogens is 1. The standard InChI is InChI=1S/C24H25BrN2O4/c1-14(2)9-21(24(30)31-3)27-23(29)18-13-26-20-11-16(10-15-7-5-4-6-8-15)19(25)12-17(20)22(18)28/h4-8,11-14,21H,9-10H2,1-3H3,(H,26,28)(H,27,29). The average molecular weight is 485 g/mol. The molecule has 0 spiro atoms. The number of ether oxygens (including phenoxy) is 1. The number of pyridine rings is 1. The molecule has 1 unspecified atom stereocenters. The van der Waals surface area contributed by atoms with Gasteiger partial charge in [0, 0.05) is 21.6 Å². The molecule has 0 aliphatic heterocycles. The molecule has 0 bridgehead atoms. The molecule has 1 atom stereocenters. The Labute approximate surface area is 189 Å². The number of aromatic nitrogens is 1. The number of aromatic amines is 1. The van der Waals surface area contributed by atoms with E-state index in [0.717, 1.165) is 15.6 Å². The first-order valence-corrected chi connectivity index (χ1v) is 10.9. The largest absolute Gasteiger partial charge is 0.467 e. The summed E-state index contributed by atoms with van der Waals surface area (Å²) in [5.74, 6) is -0.977. The first kappa shape index (κ1) is 22.7. The second-order valence-electron chi connectivity index (χ2n) is 7.86. The molecule has 0 saturated heterocycles. The van der Waals surface area contributed by atoms with Crippen molar-refractivity contribution in [2.45, 2.75) is 32.7 Å². The fourth-order valence-electron chi connectivity index (χ4n) is 3.47. The second kappa shape index (κ2) is 9.92. The molecular weight excluding hydrogens is 460 g/mol. The molecule has 0 aliphatic carbocycles. The van der Waals surface area contributed by atoms with E-state index in [1.165, 1.54) is 13.3 Å². The summed E-state index contributed by atoms with van der Waals surface area (Å²) < 4.78 is 5.57. The molecule has 3 rings (SSSR count). The molecule has 31 heavy (non-hydrogen) atoms. The molecule has 1 aromatic heterocycles. The lowest BCUT2D eigenvalue weighted by molar-refractivity contribution is -0.143. The van der Waals surface area contributed by atoms with Crippen molar-refractivity contribution in [1.29, 1.82) is 0 Å². The number of fused-ring (bicyclic) bond motifs is 1. The van der Waals surface area contributed by atoms with Crippen molar-refractivity contribution < 1.29 is 14.3 Å². The third kappa shape index (κ3) is 5.41. The van der Waals surface area contributed by atoms with Crippen molar-refractivity contribution in [1.82, 2.24) is 10.3 Å². The lowest BCUT2D eigenvalue weighted by Gasteiger charge is -2.18. The Bertz CT molecular complexity index is 1160. The van der Waals surface area contributed by atoms with Crippen LogP contribution in [-0.2, 0) is 16.0 Å². The van der Waals surface area contributed by atoms with Crippen LogP contribution in [0.4, 0.5) is 0 Å². The maximum absolute atomic E-state index is 13.0. The van der Waals surface area contributed by atoms with Gasteiger partial charge in [-0.1, -0.05) is 60.1 Å². The number of rotatable bonds is 7. The van der Waals surface area contributed by atoms with Crippen LogP contribution < -0.4 is 10.7 Å². The van der Waals surface area contributed by atoms with Gasteiger partial charge in [-0.05, 0) is 42.0 Å². The first-order valence-electron chi connectivity index (χ1n) is 10.1. The molecule has 0 radical (unpaired) electrons. The van der Waals surface area contributed by atoms with Crippen molar-refractivity contribution >= 4 is 38.7 Å². The van der Waals surface area contributed by atoms with Crippen LogP contribution in [0.25, 0.3) is 10.9 Å². The summed E-state index contributed by atoms with van der Waals surface area (Å²) in [6.45, 7) is 3.88. The van der Waals surface area contributed by atoms with Crippen LogP contribution in [0.15, 0.2) is 57.9 Å². The molecule has 162 valence electrons. The Morgan fingerprint density at radius 3 is 2.52 bits per heavy atom. The smallest absolute Gasteiger partial charge is 0.328 e. The number of benzene rings is 2. The summed E-state index contributed by atoms with van der Waals surface area (Å²) in [6.07, 6.45) is 2.51. The topological polar surface area (TPSA) is 88.3 Å². The lowest BCUT2D eigenvalue weighted by atomic mass is 10.0. The summed E-state index contributed by atoms with van der Waals surface area (Å²) >= 11 is 3.55. The van der Waals surface area contributed by atoms with Crippen LogP contribution in [0.1, 0.15) is 41.8 Å². The highest BCUT2D eigenvalue weighted by Gasteiger charge is 2.24. The van der Waals surface area contributed by atoms with E-state index >= 15 is 0 Å². The molecule has 0 saturated carbocycles. The second-order valence-corrected chi connectivity index (χ2v) is 8.72. The summed E-state index contributed by atoms with van der Waals surface area (Å²) in [4.78, 5) is 40.8. The maximum atomic E-state index is 13.0. The van der Waals surface area contributed by atoms with E-state index in [0.29, 0.717) is 23.7 Å². The third-order valence-electron chi connectivity index (χ3n) is 5.03. The van der Waals surface area contributed by atoms with Gasteiger partial charge in [-0.25, -0.2) is 4.79 Å². The van der Waals surface area contributed by atoms with Crippen LogP contribution in [0.3, 0.4) is 0 Å². The first-order chi connectivity index (χ1) is 14.8. The van der Waals surface area contributed by atoms with E-state index in [2.05, 4.69) is 26.2 Å². The highest BCUT2D eigenvalue weighted by atomic mass is 79.9. The van der Waals surface area contributed by atoms with Crippen molar-refractivity contribution in [3.05, 3.63) is 80.0 Å². The molecule has 2 aromatic carbocycles.